The molecule has 174 valence electrons. The second-order valence-corrected chi connectivity index (χ2v) is 10.4. The summed E-state index contributed by atoms with van der Waals surface area (Å²) in [4.78, 5) is 34.7. The Morgan fingerprint density at radius 2 is 2.06 bits per heavy atom. The number of amides is 1. The van der Waals surface area contributed by atoms with Gasteiger partial charge in [0.05, 0.1) is 17.7 Å². The van der Waals surface area contributed by atoms with Crippen molar-refractivity contribution in [1.82, 2.24) is 14.5 Å². The molecule has 0 spiro atoms. The second-order valence-electron chi connectivity index (χ2n) is 8.40. The normalized spacial score (nSPS) is 17.1. The Morgan fingerprint density at radius 1 is 1.27 bits per heavy atom. The van der Waals surface area contributed by atoms with Gasteiger partial charge in [0.2, 0.25) is 5.91 Å². The zero-order valence-electron chi connectivity index (χ0n) is 18.8. The summed E-state index contributed by atoms with van der Waals surface area (Å²) in [7, 11) is 1.77. The van der Waals surface area contributed by atoms with Crippen LogP contribution in [-0.4, -0.2) is 52.4 Å². The highest BCUT2D eigenvalue weighted by Gasteiger charge is 2.25. The number of aryl methyl sites for hydroxylation is 2. The van der Waals surface area contributed by atoms with E-state index in [9.17, 15) is 9.59 Å². The van der Waals surface area contributed by atoms with Crippen LogP contribution in [0.1, 0.15) is 30.2 Å². The van der Waals surface area contributed by atoms with Gasteiger partial charge >= 0.3 is 0 Å². The fourth-order valence-electron chi connectivity index (χ4n) is 4.41. The first kappa shape index (κ1) is 22.3. The van der Waals surface area contributed by atoms with Gasteiger partial charge in [0, 0.05) is 18.5 Å². The van der Waals surface area contributed by atoms with E-state index >= 15 is 0 Å². The van der Waals surface area contributed by atoms with E-state index in [4.69, 9.17) is 14.5 Å². The Morgan fingerprint density at radius 3 is 2.88 bits per heavy atom. The molecule has 0 bridgehead atoms. The van der Waals surface area contributed by atoms with E-state index < -0.39 is 0 Å². The fourth-order valence-corrected chi connectivity index (χ4v) is 6.71. The fraction of sp³-hybridized carbons (Fsp3) is 0.458. The Kier molecular flexibility index (Phi) is 6.34. The second kappa shape index (κ2) is 9.38. The number of nitrogens with zero attached hydrogens (tertiary/aromatic N) is 3. The molecule has 1 amide bonds. The molecular formula is C24H27N3O4S2. The molecule has 3 aromatic rings. The van der Waals surface area contributed by atoms with Crippen LogP contribution in [-0.2, 0) is 24.2 Å². The molecule has 1 atom stereocenters. The van der Waals surface area contributed by atoms with Crippen LogP contribution in [0.15, 0.2) is 34.2 Å². The Balaban J connectivity index is 1.27. The van der Waals surface area contributed by atoms with Crippen LogP contribution in [0.3, 0.4) is 0 Å². The van der Waals surface area contributed by atoms with Crippen molar-refractivity contribution >= 4 is 39.2 Å². The van der Waals surface area contributed by atoms with Crippen molar-refractivity contribution in [3.8, 4) is 11.5 Å². The topological polar surface area (TPSA) is 73.7 Å². The Hall–Kier alpha value is -2.52. The van der Waals surface area contributed by atoms with Gasteiger partial charge in [0.15, 0.2) is 22.8 Å². The lowest BCUT2D eigenvalue weighted by atomic mass is 9.97. The molecule has 0 saturated heterocycles. The number of thioether (sulfide) groups is 1. The van der Waals surface area contributed by atoms with Gasteiger partial charge in [-0.2, -0.15) is 0 Å². The number of ether oxygens (including phenoxy) is 2. The van der Waals surface area contributed by atoms with Crippen molar-refractivity contribution in [2.24, 2.45) is 0 Å². The third-order valence-electron chi connectivity index (χ3n) is 6.15. The molecule has 2 aliphatic rings. The molecule has 9 heteroatoms. The van der Waals surface area contributed by atoms with Crippen molar-refractivity contribution in [2.45, 2.75) is 50.4 Å². The van der Waals surface area contributed by atoms with Crippen molar-refractivity contribution in [2.75, 3.05) is 26.0 Å². The number of carbonyl (C=O) groups is 1. The minimum absolute atomic E-state index is 0.0247. The maximum absolute atomic E-state index is 13.2. The number of hydrogen-bond donors (Lipinski definition) is 0. The first-order valence-corrected chi connectivity index (χ1v) is 13.2. The number of aromatic nitrogens is 2. The highest BCUT2D eigenvalue weighted by molar-refractivity contribution is 7.99. The van der Waals surface area contributed by atoms with Crippen LogP contribution in [0, 0.1) is 0 Å². The molecular weight excluding hydrogens is 458 g/mol. The maximum Gasteiger partial charge on any atom is 0.263 e. The third kappa shape index (κ3) is 4.36. The van der Waals surface area contributed by atoms with Gasteiger partial charge in [-0.1, -0.05) is 23.9 Å². The molecule has 33 heavy (non-hydrogen) atoms. The van der Waals surface area contributed by atoms with Crippen LogP contribution < -0.4 is 15.0 Å². The number of likely N-dealkylation sites (N-methyl/N-ethyl adjacent to an activating group) is 1. The summed E-state index contributed by atoms with van der Waals surface area (Å²) < 4.78 is 13.4. The standard InChI is InChI=1S/C24H27N3O4S2/c1-3-27-23(29)21-16-8-4-7-11-19(16)33-22(21)25-24(27)32-14-20(28)26(2)12-15-13-30-17-9-5-6-10-18(17)31-15/h5-6,9-10,15H,3-4,7-8,11-14H2,1-2H3. The first-order valence-electron chi connectivity index (χ1n) is 11.4. The lowest BCUT2D eigenvalue weighted by Gasteiger charge is -2.29. The Bertz CT molecular complexity index is 1250. The Labute approximate surface area is 200 Å². The highest BCUT2D eigenvalue weighted by Crippen LogP contribution is 2.35. The molecule has 0 N–H and O–H groups in total. The van der Waals surface area contributed by atoms with Gasteiger partial charge in [0.1, 0.15) is 11.4 Å². The van der Waals surface area contributed by atoms with Crippen LogP contribution in [0.5, 0.6) is 11.5 Å². The van der Waals surface area contributed by atoms with Crippen molar-refractivity contribution in [1.29, 1.82) is 0 Å². The van der Waals surface area contributed by atoms with Gasteiger partial charge in [-0.25, -0.2) is 4.98 Å². The van der Waals surface area contributed by atoms with Crippen LogP contribution in [0.25, 0.3) is 10.2 Å². The quantitative estimate of drug-likeness (QED) is 0.391. The summed E-state index contributed by atoms with van der Waals surface area (Å²) in [6, 6.07) is 7.55. The van der Waals surface area contributed by atoms with E-state index in [1.54, 1.807) is 27.9 Å². The van der Waals surface area contributed by atoms with E-state index in [1.807, 2.05) is 31.2 Å². The molecule has 1 aliphatic carbocycles. The SMILES string of the molecule is CCn1c(SCC(=O)N(C)CC2COc3ccccc3O2)nc2sc3c(c2c1=O)CCCC3. The molecule has 0 saturated carbocycles. The lowest BCUT2D eigenvalue weighted by molar-refractivity contribution is -0.128. The average molecular weight is 486 g/mol. The number of thiophene rings is 1. The van der Waals surface area contributed by atoms with Gasteiger partial charge in [-0.3, -0.25) is 14.2 Å². The number of fused-ring (bicyclic) bond motifs is 4. The number of benzene rings is 1. The smallest absolute Gasteiger partial charge is 0.263 e. The van der Waals surface area contributed by atoms with E-state index in [0.29, 0.717) is 30.6 Å². The van der Waals surface area contributed by atoms with Gasteiger partial charge in [-0.05, 0) is 50.3 Å². The van der Waals surface area contributed by atoms with Crippen LogP contribution in [0.4, 0.5) is 0 Å². The molecule has 5 rings (SSSR count). The van der Waals surface area contributed by atoms with Gasteiger partial charge in [-0.15, -0.1) is 11.3 Å². The first-order chi connectivity index (χ1) is 16.0. The minimum Gasteiger partial charge on any atom is -0.486 e. The van der Waals surface area contributed by atoms with Crippen molar-refractivity contribution in [3.63, 3.8) is 0 Å². The molecule has 1 aliphatic heterocycles. The highest BCUT2D eigenvalue weighted by atomic mass is 32.2. The maximum atomic E-state index is 13.2. The molecule has 3 heterocycles. The zero-order valence-corrected chi connectivity index (χ0v) is 20.5. The average Bonchev–Trinajstić information content (AvgIpc) is 3.21. The van der Waals surface area contributed by atoms with E-state index in [0.717, 1.165) is 35.2 Å². The molecule has 0 radical (unpaired) electrons. The van der Waals surface area contributed by atoms with E-state index in [2.05, 4.69) is 0 Å². The van der Waals surface area contributed by atoms with Crippen LogP contribution in [0.2, 0.25) is 0 Å². The molecule has 1 unspecified atom stereocenters. The van der Waals surface area contributed by atoms with Gasteiger partial charge in [0.25, 0.3) is 5.56 Å². The van der Waals surface area contributed by atoms with Crippen LogP contribution >= 0.6 is 23.1 Å². The number of rotatable bonds is 6. The number of carbonyl (C=O) groups excluding carboxylic acids is 1. The summed E-state index contributed by atoms with van der Waals surface area (Å²) in [6.07, 6.45) is 4.07. The summed E-state index contributed by atoms with van der Waals surface area (Å²) in [5.74, 6) is 1.61. The molecule has 7 nitrogen and oxygen atoms in total. The summed E-state index contributed by atoms with van der Waals surface area (Å²) in [6.45, 7) is 3.31. The predicted octanol–water partition coefficient (Wildman–Crippen LogP) is 3.75. The summed E-state index contributed by atoms with van der Waals surface area (Å²) in [5, 5.41) is 1.40. The lowest BCUT2D eigenvalue weighted by Crippen LogP contribution is -2.42. The largest absolute Gasteiger partial charge is 0.486 e. The van der Waals surface area contributed by atoms with Gasteiger partial charge < -0.3 is 14.4 Å². The molecule has 1 aromatic carbocycles. The zero-order chi connectivity index (χ0) is 22.9. The van der Waals surface area contributed by atoms with E-state index in [1.165, 1.54) is 28.6 Å². The molecule has 0 fully saturated rings. The number of hydrogen-bond acceptors (Lipinski definition) is 7. The van der Waals surface area contributed by atoms with Crippen molar-refractivity contribution < 1.29 is 14.3 Å². The summed E-state index contributed by atoms with van der Waals surface area (Å²) >= 11 is 2.97. The summed E-state index contributed by atoms with van der Waals surface area (Å²) in [5.41, 5.74) is 1.22. The monoisotopic (exact) mass is 485 g/mol. The number of para-hydroxylation sites is 2. The third-order valence-corrected chi connectivity index (χ3v) is 8.30. The molecule has 2 aromatic heterocycles. The van der Waals surface area contributed by atoms with E-state index in [-0.39, 0.29) is 23.3 Å². The minimum atomic E-state index is -0.223. The predicted molar refractivity (Wildman–Crippen MR) is 131 cm³/mol. The van der Waals surface area contributed by atoms with Crippen molar-refractivity contribution in [3.05, 3.63) is 45.1 Å².